The third kappa shape index (κ3) is 4.86. The molecule has 0 unspecified atom stereocenters. The number of aromatic nitrogens is 1. The maximum atomic E-state index is 12.6. The average Bonchev–Trinajstić information content (AvgIpc) is 2.99. The first kappa shape index (κ1) is 20.7. The maximum absolute atomic E-state index is 12.6. The van der Waals surface area contributed by atoms with Crippen LogP contribution >= 0.6 is 23.1 Å². The lowest BCUT2D eigenvalue weighted by atomic mass is 10.1. The fourth-order valence-electron chi connectivity index (χ4n) is 3.19. The third-order valence-corrected chi connectivity index (χ3v) is 6.26. The van der Waals surface area contributed by atoms with Gasteiger partial charge < -0.3 is 9.30 Å². The van der Waals surface area contributed by atoms with Crippen molar-refractivity contribution in [3.05, 3.63) is 57.9 Å². The van der Waals surface area contributed by atoms with Crippen molar-refractivity contribution in [3.8, 4) is 5.75 Å². The lowest BCUT2D eigenvalue weighted by molar-refractivity contribution is -0.117. The van der Waals surface area contributed by atoms with E-state index < -0.39 is 0 Å². The van der Waals surface area contributed by atoms with Gasteiger partial charge in [-0.25, -0.2) is 0 Å². The van der Waals surface area contributed by atoms with Crippen molar-refractivity contribution < 1.29 is 9.53 Å². The van der Waals surface area contributed by atoms with Gasteiger partial charge in [0, 0.05) is 12.3 Å². The van der Waals surface area contributed by atoms with Gasteiger partial charge >= 0.3 is 0 Å². The van der Waals surface area contributed by atoms with E-state index in [2.05, 4.69) is 41.8 Å². The molecule has 3 aromatic rings. The van der Waals surface area contributed by atoms with E-state index >= 15 is 0 Å². The van der Waals surface area contributed by atoms with Crippen molar-refractivity contribution in [2.24, 2.45) is 4.99 Å². The van der Waals surface area contributed by atoms with E-state index in [1.807, 2.05) is 31.2 Å². The number of carbonyl (C=O) groups is 1. The first-order chi connectivity index (χ1) is 13.5. The second kappa shape index (κ2) is 9.43. The van der Waals surface area contributed by atoms with E-state index in [0.29, 0.717) is 13.0 Å². The average molecular weight is 415 g/mol. The molecule has 4 nitrogen and oxygen atoms in total. The normalized spacial score (nSPS) is 11.9. The Labute approximate surface area is 174 Å². The molecular weight excluding hydrogens is 388 g/mol. The highest BCUT2D eigenvalue weighted by atomic mass is 32.2. The number of fused-ring (bicyclic) bond motifs is 1. The van der Waals surface area contributed by atoms with Crippen molar-refractivity contribution in [3.63, 3.8) is 0 Å². The molecule has 0 saturated heterocycles. The van der Waals surface area contributed by atoms with E-state index in [1.54, 1.807) is 23.1 Å². The first-order valence-corrected chi connectivity index (χ1v) is 11.6. The number of thioether (sulfide) groups is 1. The summed E-state index contributed by atoms with van der Waals surface area (Å²) in [5, 5.41) is 0. The number of ether oxygens (including phenoxy) is 1. The minimum atomic E-state index is -0.122. The Morgan fingerprint density at radius 1 is 1.21 bits per heavy atom. The van der Waals surface area contributed by atoms with E-state index in [4.69, 9.17) is 4.74 Å². The van der Waals surface area contributed by atoms with Gasteiger partial charge in [-0.2, -0.15) is 16.8 Å². The van der Waals surface area contributed by atoms with Crippen molar-refractivity contribution in [1.29, 1.82) is 0 Å². The van der Waals surface area contributed by atoms with Crippen molar-refractivity contribution >= 4 is 39.2 Å². The van der Waals surface area contributed by atoms with E-state index in [0.717, 1.165) is 28.4 Å². The van der Waals surface area contributed by atoms with Crippen LogP contribution in [0.2, 0.25) is 0 Å². The van der Waals surface area contributed by atoms with Gasteiger partial charge in [-0.05, 0) is 61.9 Å². The van der Waals surface area contributed by atoms with Crippen LogP contribution in [0.25, 0.3) is 10.2 Å². The summed E-state index contributed by atoms with van der Waals surface area (Å²) in [4.78, 5) is 17.9. The van der Waals surface area contributed by atoms with Crippen LogP contribution in [0.1, 0.15) is 23.6 Å². The molecule has 0 N–H and O–H groups in total. The zero-order valence-electron chi connectivity index (χ0n) is 16.8. The molecule has 0 saturated carbocycles. The minimum Gasteiger partial charge on any atom is -0.494 e. The maximum Gasteiger partial charge on any atom is 0.252 e. The molecule has 3 rings (SSSR count). The molecule has 2 aromatic carbocycles. The molecule has 0 radical (unpaired) electrons. The molecule has 1 heterocycles. The fourth-order valence-corrected chi connectivity index (χ4v) is 4.68. The van der Waals surface area contributed by atoms with Crippen LogP contribution in [-0.4, -0.2) is 29.1 Å². The second-order valence-electron chi connectivity index (χ2n) is 6.72. The highest BCUT2D eigenvalue weighted by molar-refractivity contribution is 7.98. The van der Waals surface area contributed by atoms with E-state index in [1.165, 1.54) is 21.3 Å². The smallest absolute Gasteiger partial charge is 0.252 e. The molecule has 148 valence electrons. The number of nitrogens with zero attached hydrogens (tertiary/aromatic N) is 2. The topological polar surface area (TPSA) is 43.6 Å². The van der Waals surface area contributed by atoms with Crippen molar-refractivity contribution in [1.82, 2.24) is 4.57 Å². The summed E-state index contributed by atoms with van der Waals surface area (Å²) in [5.74, 6) is 1.68. The lowest BCUT2D eigenvalue weighted by Gasteiger charge is -2.06. The number of rotatable bonds is 7. The zero-order valence-corrected chi connectivity index (χ0v) is 18.5. The molecule has 0 aliphatic carbocycles. The summed E-state index contributed by atoms with van der Waals surface area (Å²) in [6, 6.07) is 12.0. The summed E-state index contributed by atoms with van der Waals surface area (Å²) in [7, 11) is 0. The minimum absolute atomic E-state index is 0.122. The van der Waals surface area contributed by atoms with Gasteiger partial charge in [0.1, 0.15) is 5.75 Å². The molecule has 1 amide bonds. The molecule has 0 bridgehead atoms. The molecule has 6 heteroatoms. The Hall–Kier alpha value is -2.05. The Bertz CT molecular complexity index is 1030. The van der Waals surface area contributed by atoms with Gasteiger partial charge in [0.05, 0.1) is 23.2 Å². The predicted molar refractivity (Wildman–Crippen MR) is 120 cm³/mol. The molecule has 0 atom stereocenters. The highest BCUT2D eigenvalue weighted by Crippen LogP contribution is 2.23. The second-order valence-corrected chi connectivity index (χ2v) is 8.68. The summed E-state index contributed by atoms with van der Waals surface area (Å²) in [5.41, 5.74) is 4.58. The molecule has 0 spiro atoms. The van der Waals surface area contributed by atoms with Crippen LogP contribution < -0.4 is 9.54 Å². The number of amides is 1. The Balaban J connectivity index is 1.93. The van der Waals surface area contributed by atoms with Gasteiger partial charge in [0.25, 0.3) is 5.91 Å². The van der Waals surface area contributed by atoms with E-state index in [9.17, 15) is 4.79 Å². The van der Waals surface area contributed by atoms with Gasteiger partial charge in [-0.3, -0.25) is 4.79 Å². The summed E-state index contributed by atoms with van der Waals surface area (Å²) >= 11 is 3.40. The van der Waals surface area contributed by atoms with Crippen molar-refractivity contribution in [2.45, 2.75) is 33.7 Å². The van der Waals surface area contributed by atoms with E-state index in [-0.39, 0.29) is 5.91 Å². The third-order valence-electron chi connectivity index (χ3n) is 4.44. The number of thiazole rings is 1. The Morgan fingerprint density at radius 2 is 1.96 bits per heavy atom. The number of hydrogen-bond donors (Lipinski definition) is 0. The zero-order chi connectivity index (χ0) is 20.1. The molecule has 0 aliphatic rings. The standard InChI is InChI=1S/C22H26N2O2S2/c1-5-26-18-8-6-17(7-9-18)14-20(25)23-22-24(10-11-27-4)19-13-15(2)12-16(3)21(19)28-22/h6-9,12-13H,5,10-11,14H2,1-4H3. The van der Waals surface area contributed by atoms with Crippen molar-refractivity contribution in [2.75, 3.05) is 18.6 Å². The van der Waals surface area contributed by atoms with Crippen LogP contribution in [0.5, 0.6) is 5.75 Å². The van der Waals surface area contributed by atoms with Gasteiger partial charge in [-0.1, -0.05) is 29.5 Å². The van der Waals surface area contributed by atoms with Crippen LogP contribution in [0, 0.1) is 13.8 Å². The molecular formula is C22H26N2O2S2. The van der Waals surface area contributed by atoms with Crippen LogP contribution in [0.3, 0.4) is 0 Å². The molecule has 28 heavy (non-hydrogen) atoms. The summed E-state index contributed by atoms with van der Waals surface area (Å²) < 4.78 is 8.85. The number of benzene rings is 2. The molecule has 0 fully saturated rings. The fraction of sp³-hybridized carbons (Fsp3) is 0.364. The summed E-state index contributed by atoms with van der Waals surface area (Å²) in [6.07, 6.45) is 2.39. The SMILES string of the molecule is CCOc1ccc(CC(=O)N=c2sc3c(C)cc(C)cc3n2CCSC)cc1. The van der Waals surface area contributed by atoms with Crippen LogP contribution in [0.4, 0.5) is 0 Å². The van der Waals surface area contributed by atoms with Crippen LogP contribution in [-0.2, 0) is 17.8 Å². The largest absolute Gasteiger partial charge is 0.494 e. The van der Waals surface area contributed by atoms with Crippen LogP contribution in [0.15, 0.2) is 41.4 Å². The summed E-state index contributed by atoms with van der Waals surface area (Å²) in [6.45, 7) is 7.66. The Kier molecular flexibility index (Phi) is 6.97. The number of hydrogen-bond acceptors (Lipinski definition) is 4. The molecule has 0 aliphatic heterocycles. The first-order valence-electron chi connectivity index (χ1n) is 9.40. The quantitative estimate of drug-likeness (QED) is 0.560. The van der Waals surface area contributed by atoms with Gasteiger partial charge in [0.2, 0.25) is 0 Å². The van der Waals surface area contributed by atoms with Gasteiger partial charge in [0.15, 0.2) is 4.80 Å². The highest BCUT2D eigenvalue weighted by Gasteiger charge is 2.11. The monoisotopic (exact) mass is 414 g/mol. The Morgan fingerprint density at radius 3 is 2.64 bits per heavy atom. The number of carbonyl (C=O) groups excluding carboxylic acids is 1. The predicted octanol–water partition coefficient (Wildman–Crippen LogP) is 4.75. The number of aryl methyl sites for hydroxylation is 3. The lowest BCUT2D eigenvalue weighted by Crippen LogP contribution is -2.18. The van der Waals surface area contributed by atoms with Gasteiger partial charge in [-0.15, -0.1) is 0 Å². The molecule has 1 aromatic heterocycles.